The minimum Gasteiger partial charge on any atom is -0.508 e. The number of methoxy groups -OCH3 is 2. The first-order valence-electron chi connectivity index (χ1n) is 19.2. The number of phenols is 6. The van der Waals surface area contributed by atoms with E-state index in [2.05, 4.69) is 26.1 Å². The molecule has 1 aliphatic heterocycles. The third kappa shape index (κ3) is 5.62. The Balaban J connectivity index is 1.55. The van der Waals surface area contributed by atoms with E-state index < -0.39 is 0 Å². The summed E-state index contributed by atoms with van der Waals surface area (Å²) < 4.78 is 11.8. The van der Waals surface area contributed by atoms with Crippen LogP contribution in [0.2, 0.25) is 0 Å². The van der Waals surface area contributed by atoms with E-state index in [9.17, 15) is 30.6 Å². The van der Waals surface area contributed by atoms with Crippen molar-refractivity contribution < 1.29 is 40.1 Å². The Morgan fingerprint density at radius 1 is 0.554 bits per heavy atom. The monoisotopic (exact) mass is 755 g/mol. The number of rotatable bonds is 5. The molecular formula is C47H49NO8. The highest BCUT2D eigenvalue weighted by atomic mass is 16.5. The number of aromatic hydroxyl groups is 6. The van der Waals surface area contributed by atoms with E-state index in [-0.39, 0.29) is 69.5 Å². The molecule has 6 aromatic carbocycles. The molecule has 0 bridgehead atoms. The molecule has 0 aromatic heterocycles. The summed E-state index contributed by atoms with van der Waals surface area (Å²) in [6.07, 6.45) is 2.02. The molecule has 4 atom stereocenters. The molecule has 8 rings (SSSR count). The maximum absolute atomic E-state index is 12.5. The smallest absolute Gasteiger partial charge is 0.135 e. The van der Waals surface area contributed by atoms with Crippen LogP contribution in [-0.4, -0.2) is 50.9 Å². The molecule has 0 saturated heterocycles. The summed E-state index contributed by atoms with van der Waals surface area (Å²) in [4.78, 5) is 0. The van der Waals surface area contributed by atoms with Crippen LogP contribution < -0.4 is 14.8 Å². The van der Waals surface area contributed by atoms with Gasteiger partial charge in [-0.25, -0.2) is 0 Å². The number of benzene rings is 6. The van der Waals surface area contributed by atoms with Crippen LogP contribution in [0.1, 0.15) is 79.5 Å². The molecule has 6 aromatic rings. The van der Waals surface area contributed by atoms with Crippen molar-refractivity contribution in [2.24, 2.45) is 5.92 Å². The van der Waals surface area contributed by atoms with Gasteiger partial charge in [0.2, 0.25) is 0 Å². The summed E-state index contributed by atoms with van der Waals surface area (Å²) >= 11 is 0. The summed E-state index contributed by atoms with van der Waals surface area (Å²) in [6, 6.07) is 13.7. The van der Waals surface area contributed by atoms with Crippen molar-refractivity contribution in [1.29, 1.82) is 0 Å². The zero-order chi connectivity index (χ0) is 40.1. The fraction of sp³-hybridized carbons (Fsp3) is 0.319. The highest BCUT2D eigenvalue weighted by molar-refractivity contribution is 6.13. The molecule has 56 heavy (non-hydrogen) atoms. The highest BCUT2D eigenvalue weighted by Gasteiger charge is 2.33. The first kappa shape index (κ1) is 37.1. The summed E-state index contributed by atoms with van der Waals surface area (Å²) in [6.45, 7) is 12.1. The number of aryl methyl sites for hydroxylation is 2. The van der Waals surface area contributed by atoms with Gasteiger partial charge in [-0.05, 0) is 127 Å². The molecule has 0 unspecified atom stereocenters. The number of nitrogens with one attached hydrogen (secondary N) is 1. The zero-order valence-electron chi connectivity index (χ0n) is 33.0. The minimum atomic E-state index is -0.204. The van der Waals surface area contributed by atoms with Crippen LogP contribution in [0.25, 0.3) is 54.9 Å². The summed E-state index contributed by atoms with van der Waals surface area (Å²) in [7, 11) is 3.07. The Bertz CT molecular complexity index is 2450. The van der Waals surface area contributed by atoms with Crippen LogP contribution in [0.5, 0.6) is 46.0 Å². The molecule has 0 fully saturated rings. The zero-order valence-corrected chi connectivity index (χ0v) is 33.0. The van der Waals surface area contributed by atoms with Gasteiger partial charge in [0.1, 0.15) is 46.0 Å². The lowest BCUT2D eigenvalue weighted by Crippen LogP contribution is -2.36. The molecule has 0 amide bonds. The molecule has 0 spiro atoms. The van der Waals surface area contributed by atoms with Gasteiger partial charge in [0, 0.05) is 57.6 Å². The normalized spacial score (nSPS) is 19.2. The SMILES string of the molecule is COc1cc(C)cc2c(-c3c(O)cc(O)c4c3C[C@H](C)C[C@H]4C)cc(-c3cc(-c4c(O)cc(O)c5c4C[C@H](C)N[C@@H]5C)c4cc(C)cc(OC)c4c3O)c(O)c12. The second-order valence-electron chi connectivity index (χ2n) is 16.2. The van der Waals surface area contributed by atoms with E-state index in [1.807, 2.05) is 45.0 Å². The Kier molecular flexibility index (Phi) is 8.92. The topological polar surface area (TPSA) is 152 Å². The Hall–Kier alpha value is -5.80. The fourth-order valence-electron chi connectivity index (χ4n) is 9.95. The number of hydrogen-bond acceptors (Lipinski definition) is 9. The molecule has 2 aliphatic rings. The molecule has 9 nitrogen and oxygen atoms in total. The molecule has 0 radical (unpaired) electrons. The van der Waals surface area contributed by atoms with Crippen molar-refractivity contribution in [2.75, 3.05) is 14.2 Å². The van der Waals surface area contributed by atoms with Crippen molar-refractivity contribution >= 4 is 21.5 Å². The maximum Gasteiger partial charge on any atom is 0.135 e. The highest BCUT2D eigenvalue weighted by Crippen LogP contribution is 2.56. The van der Waals surface area contributed by atoms with Gasteiger partial charge in [0.15, 0.2) is 0 Å². The molecule has 1 aliphatic carbocycles. The summed E-state index contributed by atoms with van der Waals surface area (Å²) in [5.74, 6) is 0.653. The number of hydrogen-bond donors (Lipinski definition) is 7. The number of fused-ring (bicyclic) bond motifs is 4. The van der Waals surface area contributed by atoms with Crippen LogP contribution in [0.3, 0.4) is 0 Å². The van der Waals surface area contributed by atoms with Gasteiger partial charge >= 0.3 is 0 Å². The number of ether oxygens (including phenoxy) is 2. The molecule has 1 heterocycles. The van der Waals surface area contributed by atoms with Crippen molar-refractivity contribution in [3.8, 4) is 79.4 Å². The van der Waals surface area contributed by atoms with Crippen molar-refractivity contribution in [3.63, 3.8) is 0 Å². The lowest BCUT2D eigenvalue weighted by molar-refractivity contribution is 0.402. The standard InChI is InChI=1S/C47H49NO8/c1-20-9-23(4)40-32(12-20)42(36(51)18-34(40)49)28-16-30(46(53)44-26(28)10-21(2)13-38(44)55-7)31-17-29(27-11-22(3)14-39(56-8)45(27)47(31)54)43-33-15-24(5)48-25(6)41(33)35(50)19-37(43)52/h10-11,13-14,16-20,23-25,48-54H,9,12,15H2,1-8H3/t20-,23-,24+,25-/m1/s1. The molecule has 9 heteroatoms. The third-order valence-corrected chi connectivity index (χ3v) is 12.0. The molecule has 0 saturated carbocycles. The van der Waals surface area contributed by atoms with Gasteiger partial charge in [-0.2, -0.15) is 0 Å². The van der Waals surface area contributed by atoms with Crippen molar-refractivity contribution in [2.45, 2.75) is 78.8 Å². The average Bonchev–Trinajstić information content (AvgIpc) is 3.11. The van der Waals surface area contributed by atoms with E-state index in [1.54, 1.807) is 12.1 Å². The van der Waals surface area contributed by atoms with E-state index in [0.29, 0.717) is 73.7 Å². The van der Waals surface area contributed by atoms with Crippen LogP contribution in [0, 0.1) is 19.8 Å². The van der Waals surface area contributed by atoms with Crippen molar-refractivity contribution in [1.82, 2.24) is 5.32 Å². The summed E-state index contributed by atoms with van der Waals surface area (Å²) in [5.41, 5.74) is 7.58. The Morgan fingerprint density at radius 3 is 1.50 bits per heavy atom. The lowest BCUT2D eigenvalue weighted by atomic mass is 9.74. The van der Waals surface area contributed by atoms with Crippen molar-refractivity contribution in [3.05, 3.63) is 81.9 Å². The fourth-order valence-corrected chi connectivity index (χ4v) is 9.95. The Labute approximate surface area is 326 Å². The second kappa shape index (κ2) is 13.4. The van der Waals surface area contributed by atoms with Gasteiger partial charge in [-0.15, -0.1) is 0 Å². The first-order valence-corrected chi connectivity index (χ1v) is 19.2. The van der Waals surface area contributed by atoms with Gasteiger partial charge < -0.3 is 45.4 Å². The molecule has 7 N–H and O–H groups in total. The van der Waals surface area contributed by atoms with Gasteiger partial charge in [0.05, 0.1) is 25.0 Å². The van der Waals surface area contributed by atoms with E-state index in [4.69, 9.17) is 9.47 Å². The predicted molar refractivity (Wildman–Crippen MR) is 221 cm³/mol. The van der Waals surface area contributed by atoms with E-state index in [1.165, 1.54) is 26.4 Å². The van der Waals surface area contributed by atoms with E-state index in [0.717, 1.165) is 34.2 Å². The first-order chi connectivity index (χ1) is 26.6. The van der Waals surface area contributed by atoms with Crippen LogP contribution >= 0.6 is 0 Å². The second-order valence-corrected chi connectivity index (χ2v) is 16.2. The van der Waals surface area contributed by atoms with Crippen LogP contribution in [0.15, 0.2) is 48.5 Å². The average molecular weight is 756 g/mol. The van der Waals surface area contributed by atoms with Gasteiger partial charge in [0.25, 0.3) is 0 Å². The molecular weight excluding hydrogens is 707 g/mol. The van der Waals surface area contributed by atoms with Gasteiger partial charge in [-0.1, -0.05) is 26.0 Å². The van der Waals surface area contributed by atoms with Crippen LogP contribution in [0.4, 0.5) is 0 Å². The summed E-state index contributed by atoms with van der Waals surface area (Å²) in [5, 5.41) is 76.3. The predicted octanol–water partition coefficient (Wildman–Crippen LogP) is 10.1. The maximum atomic E-state index is 12.5. The quantitative estimate of drug-likeness (QED) is 0.0912. The molecule has 290 valence electrons. The van der Waals surface area contributed by atoms with Gasteiger partial charge in [-0.3, -0.25) is 0 Å². The number of phenolic OH excluding ortho intramolecular Hbond substituents is 6. The minimum absolute atomic E-state index is 0.00917. The lowest BCUT2D eigenvalue weighted by Gasteiger charge is -2.32. The third-order valence-electron chi connectivity index (χ3n) is 12.0. The Morgan fingerprint density at radius 2 is 1.02 bits per heavy atom. The largest absolute Gasteiger partial charge is 0.508 e. The van der Waals surface area contributed by atoms with E-state index >= 15 is 0 Å². The van der Waals surface area contributed by atoms with Crippen LogP contribution in [-0.2, 0) is 12.8 Å².